The predicted octanol–water partition coefficient (Wildman–Crippen LogP) is 4.07. The van der Waals surface area contributed by atoms with Gasteiger partial charge in [-0.25, -0.2) is 0 Å². The first-order valence-corrected chi connectivity index (χ1v) is 9.68. The monoisotopic (exact) mass is 368 g/mol. The van der Waals surface area contributed by atoms with Crippen molar-refractivity contribution >= 4 is 0 Å². The molecule has 0 amide bonds. The van der Waals surface area contributed by atoms with Gasteiger partial charge in [-0.05, 0) is 91.8 Å². The lowest BCUT2D eigenvalue weighted by molar-refractivity contribution is 0.262. The zero-order valence-corrected chi connectivity index (χ0v) is 16.6. The molecule has 2 saturated heterocycles. The number of rotatable bonds is 8. The zero-order chi connectivity index (χ0) is 19.0. The van der Waals surface area contributed by atoms with Crippen LogP contribution in [0.4, 0.5) is 0 Å². The molecule has 2 atom stereocenters. The zero-order valence-electron chi connectivity index (χ0n) is 16.6. The van der Waals surface area contributed by atoms with Gasteiger partial charge in [0.05, 0.1) is 13.2 Å². The van der Waals surface area contributed by atoms with Crippen molar-refractivity contribution in [1.29, 1.82) is 0 Å². The van der Waals surface area contributed by atoms with Crippen LogP contribution in [0.3, 0.4) is 0 Å². The van der Waals surface area contributed by atoms with Crippen LogP contribution in [0.2, 0.25) is 0 Å². The van der Waals surface area contributed by atoms with Crippen molar-refractivity contribution in [2.45, 2.75) is 46.3 Å². The Bertz CT molecular complexity index is 719. The maximum absolute atomic E-state index is 5.86. The molecule has 4 rings (SSSR count). The Morgan fingerprint density at radius 2 is 1.04 bits per heavy atom. The SMILES string of the molecule is Cc1cc(OCC2CO2)cc(C)c1Cc1c(C)cc(OCC2CO2)cc1C. The molecule has 2 fully saturated rings. The minimum Gasteiger partial charge on any atom is -0.491 e. The standard InChI is InChI=1S/C23H28O4/c1-14-5-18(24-10-20-12-26-20)6-15(2)22(14)9-23-16(3)7-19(8-17(23)4)25-11-21-13-27-21/h5-8,20-21H,9-13H2,1-4H3. The molecular formula is C23H28O4. The van der Waals surface area contributed by atoms with Gasteiger partial charge in [0.15, 0.2) is 0 Å². The van der Waals surface area contributed by atoms with Gasteiger partial charge in [-0.2, -0.15) is 0 Å². The van der Waals surface area contributed by atoms with Gasteiger partial charge in [0.1, 0.15) is 36.9 Å². The maximum Gasteiger partial charge on any atom is 0.119 e. The Labute approximate surface area is 161 Å². The van der Waals surface area contributed by atoms with Crippen LogP contribution < -0.4 is 9.47 Å². The van der Waals surface area contributed by atoms with Crippen LogP contribution in [-0.4, -0.2) is 38.6 Å². The van der Waals surface area contributed by atoms with Crippen molar-refractivity contribution in [2.24, 2.45) is 0 Å². The number of aryl methyl sites for hydroxylation is 4. The molecule has 0 saturated carbocycles. The van der Waals surface area contributed by atoms with E-state index in [1.807, 2.05) is 0 Å². The lowest BCUT2D eigenvalue weighted by Gasteiger charge is -2.17. The van der Waals surface area contributed by atoms with E-state index in [0.29, 0.717) is 13.2 Å². The third kappa shape index (κ3) is 4.63. The first kappa shape index (κ1) is 18.3. The fourth-order valence-corrected chi connectivity index (χ4v) is 3.52. The van der Waals surface area contributed by atoms with Crippen LogP contribution in [0.25, 0.3) is 0 Å². The molecule has 2 aliphatic rings. The Morgan fingerprint density at radius 1 is 0.704 bits per heavy atom. The summed E-state index contributed by atoms with van der Waals surface area (Å²) in [5.41, 5.74) is 7.82. The van der Waals surface area contributed by atoms with Crippen LogP contribution in [0.5, 0.6) is 11.5 Å². The van der Waals surface area contributed by atoms with E-state index in [9.17, 15) is 0 Å². The molecule has 27 heavy (non-hydrogen) atoms. The highest BCUT2D eigenvalue weighted by atomic mass is 16.6. The molecule has 0 bridgehead atoms. The molecule has 0 aromatic heterocycles. The average molecular weight is 368 g/mol. The number of ether oxygens (including phenoxy) is 4. The largest absolute Gasteiger partial charge is 0.491 e. The fraction of sp³-hybridized carbons (Fsp3) is 0.478. The van der Waals surface area contributed by atoms with Gasteiger partial charge in [0, 0.05) is 0 Å². The van der Waals surface area contributed by atoms with Gasteiger partial charge in [0.2, 0.25) is 0 Å². The van der Waals surface area contributed by atoms with E-state index in [2.05, 4.69) is 52.0 Å². The van der Waals surface area contributed by atoms with Crippen LogP contribution >= 0.6 is 0 Å². The smallest absolute Gasteiger partial charge is 0.119 e. The molecule has 0 aliphatic carbocycles. The highest BCUT2D eigenvalue weighted by Gasteiger charge is 2.24. The van der Waals surface area contributed by atoms with Gasteiger partial charge >= 0.3 is 0 Å². The number of epoxide rings is 2. The second-order valence-corrected chi connectivity index (χ2v) is 7.78. The molecule has 144 valence electrons. The van der Waals surface area contributed by atoms with E-state index in [-0.39, 0.29) is 12.2 Å². The van der Waals surface area contributed by atoms with Gasteiger partial charge in [0.25, 0.3) is 0 Å². The Morgan fingerprint density at radius 3 is 1.33 bits per heavy atom. The summed E-state index contributed by atoms with van der Waals surface area (Å²) in [7, 11) is 0. The molecule has 2 aliphatic heterocycles. The van der Waals surface area contributed by atoms with Gasteiger partial charge in [-0.15, -0.1) is 0 Å². The lowest BCUT2D eigenvalue weighted by atomic mass is 9.91. The van der Waals surface area contributed by atoms with Crippen LogP contribution in [0.1, 0.15) is 33.4 Å². The Hall–Kier alpha value is -2.04. The molecule has 2 heterocycles. The van der Waals surface area contributed by atoms with E-state index >= 15 is 0 Å². The summed E-state index contributed by atoms with van der Waals surface area (Å²) < 4.78 is 22.2. The van der Waals surface area contributed by atoms with E-state index in [0.717, 1.165) is 31.1 Å². The molecule has 2 unspecified atom stereocenters. The summed E-state index contributed by atoms with van der Waals surface area (Å²) in [5.74, 6) is 1.87. The van der Waals surface area contributed by atoms with Crippen molar-refractivity contribution in [3.05, 3.63) is 57.6 Å². The second kappa shape index (κ2) is 7.53. The normalized spacial score (nSPS) is 20.4. The topological polar surface area (TPSA) is 43.5 Å². The van der Waals surface area contributed by atoms with E-state index in [4.69, 9.17) is 18.9 Å². The molecule has 0 radical (unpaired) electrons. The highest BCUT2D eigenvalue weighted by molar-refractivity contribution is 5.48. The molecule has 0 spiro atoms. The third-order valence-corrected chi connectivity index (χ3v) is 5.37. The average Bonchev–Trinajstić information content (AvgIpc) is 3.51. The summed E-state index contributed by atoms with van der Waals surface area (Å²) >= 11 is 0. The molecule has 2 aromatic carbocycles. The van der Waals surface area contributed by atoms with E-state index in [1.54, 1.807) is 0 Å². The summed E-state index contributed by atoms with van der Waals surface area (Å²) in [6, 6.07) is 8.57. The lowest BCUT2D eigenvalue weighted by Crippen LogP contribution is -2.07. The second-order valence-electron chi connectivity index (χ2n) is 7.78. The molecule has 4 heteroatoms. The summed E-state index contributed by atoms with van der Waals surface area (Å²) in [5, 5.41) is 0. The van der Waals surface area contributed by atoms with Crippen molar-refractivity contribution in [3.8, 4) is 11.5 Å². The van der Waals surface area contributed by atoms with Crippen LogP contribution in [-0.2, 0) is 15.9 Å². The Balaban J connectivity index is 1.50. The number of hydrogen-bond acceptors (Lipinski definition) is 4. The van der Waals surface area contributed by atoms with E-state index in [1.165, 1.54) is 33.4 Å². The Kier molecular flexibility index (Phi) is 5.11. The molecule has 2 aromatic rings. The third-order valence-electron chi connectivity index (χ3n) is 5.37. The quantitative estimate of drug-likeness (QED) is 0.659. The first-order chi connectivity index (χ1) is 13.0. The van der Waals surface area contributed by atoms with Crippen molar-refractivity contribution in [1.82, 2.24) is 0 Å². The molecular weight excluding hydrogens is 340 g/mol. The van der Waals surface area contributed by atoms with Crippen molar-refractivity contribution in [2.75, 3.05) is 26.4 Å². The van der Waals surface area contributed by atoms with Gasteiger partial charge in [-0.3, -0.25) is 0 Å². The predicted molar refractivity (Wildman–Crippen MR) is 105 cm³/mol. The minimum absolute atomic E-state index is 0.280. The fourth-order valence-electron chi connectivity index (χ4n) is 3.52. The van der Waals surface area contributed by atoms with Crippen LogP contribution in [0.15, 0.2) is 24.3 Å². The summed E-state index contributed by atoms with van der Waals surface area (Å²) in [4.78, 5) is 0. The van der Waals surface area contributed by atoms with Crippen molar-refractivity contribution in [3.63, 3.8) is 0 Å². The van der Waals surface area contributed by atoms with Crippen molar-refractivity contribution < 1.29 is 18.9 Å². The summed E-state index contributed by atoms with van der Waals surface area (Å²) in [6.45, 7) is 11.6. The minimum atomic E-state index is 0.280. The highest BCUT2D eigenvalue weighted by Crippen LogP contribution is 2.29. The van der Waals surface area contributed by atoms with E-state index < -0.39 is 0 Å². The molecule has 4 nitrogen and oxygen atoms in total. The number of benzene rings is 2. The number of hydrogen-bond donors (Lipinski definition) is 0. The summed E-state index contributed by atoms with van der Waals surface area (Å²) in [6.07, 6.45) is 1.48. The molecule has 0 N–H and O–H groups in total. The maximum atomic E-state index is 5.86. The first-order valence-electron chi connectivity index (χ1n) is 9.68. The van der Waals surface area contributed by atoms with Gasteiger partial charge in [-0.1, -0.05) is 0 Å². The van der Waals surface area contributed by atoms with Crippen LogP contribution in [0, 0.1) is 27.7 Å². The van der Waals surface area contributed by atoms with Gasteiger partial charge < -0.3 is 18.9 Å².